The van der Waals surface area contributed by atoms with Gasteiger partial charge in [0, 0.05) is 12.2 Å². The third-order valence-electron chi connectivity index (χ3n) is 4.54. The number of hydrogen-bond donors (Lipinski definition) is 2. The Morgan fingerprint density at radius 2 is 2.25 bits per heavy atom. The van der Waals surface area contributed by atoms with E-state index in [9.17, 15) is 4.79 Å². The van der Waals surface area contributed by atoms with Gasteiger partial charge >= 0.3 is 0 Å². The number of carbonyl (C=O) groups excluding carboxylic acids is 1. The van der Waals surface area contributed by atoms with Gasteiger partial charge in [0.1, 0.15) is 11.5 Å². The zero-order chi connectivity index (χ0) is 16.8. The van der Waals surface area contributed by atoms with Crippen LogP contribution >= 0.6 is 0 Å². The fourth-order valence-corrected chi connectivity index (χ4v) is 3.28. The lowest BCUT2D eigenvalue weighted by Gasteiger charge is -2.33. The average Bonchev–Trinajstić information content (AvgIpc) is 3.28. The van der Waals surface area contributed by atoms with Crippen LogP contribution in [0.5, 0.6) is 0 Å². The van der Waals surface area contributed by atoms with Crippen molar-refractivity contribution >= 4 is 5.91 Å². The molecule has 1 amide bonds. The molecular formula is C18H26N4O2. The lowest BCUT2D eigenvalue weighted by molar-refractivity contribution is 0.0909. The van der Waals surface area contributed by atoms with Gasteiger partial charge in [-0.15, -0.1) is 0 Å². The molecular weight excluding hydrogens is 304 g/mol. The summed E-state index contributed by atoms with van der Waals surface area (Å²) >= 11 is 0. The van der Waals surface area contributed by atoms with Gasteiger partial charge in [-0.25, -0.2) is 0 Å². The number of nitrogens with zero attached hydrogens (tertiary/aromatic N) is 2. The third kappa shape index (κ3) is 4.06. The van der Waals surface area contributed by atoms with Gasteiger partial charge in [0.15, 0.2) is 0 Å². The van der Waals surface area contributed by atoms with E-state index in [0.29, 0.717) is 12.2 Å². The van der Waals surface area contributed by atoms with Gasteiger partial charge in [0.05, 0.1) is 12.3 Å². The number of aromatic amines is 1. The van der Waals surface area contributed by atoms with Crippen molar-refractivity contribution < 1.29 is 9.21 Å². The molecule has 0 spiro atoms. The highest BCUT2D eigenvalue weighted by molar-refractivity contribution is 5.92. The Bertz CT molecular complexity index is 629. The molecule has 2 N–H and O–H groups in total. The first-order valence-corrected chi connectivity index (χ1v) is 8.88. The lowest BCUT2D eigenvalue weighted by atomic mass is 10.1. The molecule has 1 aliphatic heterocycles. The van der Waals surface area contributed by atoms with Crippen LogP contribution < -0.4 is 5.32 Å². The molecule has 1 saturated heterocycles. The summed E-state index contributed by atoms with van der Waals surface area (Å²) in [5.41, 5.74) is 1.46. The molecule has 0 saturated carbocycles. The molecule has 0 aliphatic carbocycles. The highest BCUT2D eigenvalue weighted by atomic mass is 16.3. The third-order valence-corrected chi connectivity index (χ3v) is 4.54. The SMILES string of the molecule is CCCc1cc(C(=O)NCC(c2ccco2)N2CCCCC2)n[nH]1. The van der Waals surface area contributed by atoms with E-state index in [0.717, 1.165) is 37.4 Å². The zero-order valence-electron chi connectivity index (χ0n) is 14.3. The highest BCUT2D eigenvalue weighted by Crippen LogP contribution is 2.24. The number of carbonyl (C=O) groups is 1. The van der Waals surface area contributed by atoms with E-state index in [1.54, 1.807) is 6.26 Å². The molecule has 24 heavy (non-hydrogen) atoms. The molecule has 0 aromatic carbocycles. The van der Waals surface area contributed by atoms with E-state index in [1.807, 2.05) is 18.2 Å². The van der Waals surface area contributed by atoms with Gasteiger partial charge < -0.3 is 9.73 Å². The summed E-state index contributed by atoms with van der Waals surface area (Å²) in [4.78, 5) is 14.8. The maximum Gasteiger partial charge on any atom is 0.271 e. The van der Waals surface area contributed by atoms with Crippen molar-refractivity contribution in [2.24, 2.45) is 0 Å². The molecule has 1 aliphatic rings. The zero-order valence-corrected chi connectivity index (χ0v) is 14.3. The van der Waals surface area contributed by atoms with E-state index < -0.39 is 0 Å². The van der Waals surface area contributed by atoms with Gasteiger partial charge in [-0.05, 0) is 50.6 Å². The molecule has 3 rings (SSSR count). The molecule has 130 valence electrons. The number of piperidine rings is 1. The molecule has 2 aromatic heterocycles. The summed E-state index contributed by atoms with van der Waals surface area (Å²) in [5.74, 6) is 0.771. The van der Waals surface area contributed by atoms with Crippen molar-refractivity contribution in [2.75, 3.05) is 19.6 Å². The van der Waals surface area contributed by atoms with E-state index in [-0.39, 0.29) is 11.9 Å². The van der Waals surface area contributed by atoms with Gasteiger partial charge in [-0.3, -0.25) is 14.8 Å². The van der Waals surface area contributed by atoms with Gasteiger partial charge in [0.25, 0.3) is 5.91 Å². The smallest absolute Gasteiger partial charge is 0.271 e. The van der Waals surface area contributed by atoms with Gasteiger partial charge in [-0.2, -0.15) is 5.10 Å². The Morgan fingerprint density at radius 1 is 1.42 bits per heavy atom. The molecule has 1 fully saturated rings. The van der Waals surface area contributed by atoms with Crippen LogP contribution in [0.3, 0.4) is 0 Å². The number of rotatable bonds is 7. The van der Waals surface area contributed by atoms with Crippen LogP contribution in [0, 0.1) is 0 Å². The number of aromatic nitrogens is 2. The Labute approximate surface area is 142 Å². The first-order chi connectivity index (χ1) is 11.8. The predicted molar refractivity (Wildman–Crippen MR) is 91.8 cm³/mol. The quantitative estimate of drug-likeness (QED) is 0.818. The molecule has 2 aromatic rings. The highest BCUT2D eigenvalue weighted by Gasteiger charge is 2.25. The Kier molecular flexibility index (Phi) is 5.69. The number of H-pyrrole nitrogens is 1. The van der Waals surface area contributed by atoms with E-state index >= 15 is 0 Å². The summed E-state index contributed by atoms with van der Waals surface area (Å²) in [5, 5.41) is 10.1. The first-order valence-electron chi connectivity index (χ1n) is 8.88. The minimum absolute atomic E-state index is 0.0818. The maximum atomic E-state index is 12.4. The van der Waals surface area contributed by atoms with E-state index in [4.69, 9.17) is 4.42 Å². The Morgan fingerprint density at radius 3 is 2.96 bits per heavy atom. The molecule has 0 radical (unpaired) electrons. The first kappa shape index (κ1) is 16.8. The molecule has 6 nitrogen and oxygen atoms in total. The monoisotopic (exact) mass is 330 g/mol. The van der Waals surface area contributed by atoms with Crippen LogP contribution in [0.15, 0.2) is 28.9 Å². The van der Waals surface area contributed by atoms with Crippen LogP contribution in [0.1, 0.15) is 60.6 Å². The van der Waals surface area contributed by atoms with Crippen LogP contribution in [0.25, 0.3) is 0 Å². The molecule has 0 bridgehead atoms. The van der Waals surface area contributed by atoms with Crippen LogP contribution in [0.4, 0.5) is 0 Å². The van der Waals surface area contributed by atoms with Gasteiger partial charge in [-0.1, -0.05) is 19.8 Å². The summed E-state index contributed by atoms with van der Waals surface area (Å²) in [6, 6.07) is 5.80. The van der Waals surface area contributed by atoms with Crippen molar-refractivity contribution in [2.45, 2.75) is 45.1 Å². The second-order valence-corrected chi connectivity index (χ2v) is 6.37. The van der Waals surface area contributed by atoms with Crippen LogP contribution in [-0.2, 0) is 6.42 Å². The summed E-state index contributed by atoms with van der Waals surface area (Å²) in [6.07, 6.45) is 7.30. The number of amides is 1. The Balaban J connectivity index is 1.63. The lowest BCUT2D eigenvalue weighted by Crippen LogP contribution is -2.40. The number of hydrogen-bond acceptors (Lipinski definition) is 4. The van der Waals surface area contributed by atoms with Crippen molar-refractivity contribution in [1.29, 1.82) is 0 Å². The van der Waals surface area contributed by atoms with E-state index in [1.165, 1.54) is 19.3 Å². The second-order valence-electron chi connectivity index (χ2n) is 6.37. The average molecular weight is 330 g/mol. The molecule has 1 unspecified atom stereocenters. The molecule has 3 heterocycles. The van der Waals surface area contributed by atoms with E-state index in [2.05, 4.69) is 27.3 Å². The fraction of sp³-hybridized carbons (Fsp3) is 0.556. The van der Waals surface area contributed by atoms with Crippen molar-refractivity contribution in [3.63, 3.8) is 0 Å². The topological polar surface area (TPSA) is 74.2 Å². The minimum atomic E-state index is -0.137. The number of aryl methyl sites for hydroxylation is 1. The van der Waals surface area contributed by atoms with Crippen molar-refractivity contribution in [3.05, 3.63) is 41.6 Å². The van der Waals surface area contributed by atoms with Crippen LogP contribution in [0.2, 0.25) is 0 Å². The van der Waals surface area contributed by atoms with Crippen LogP contribution in [-0.4, -0.2) is 40.6 Å². The normalized spacial score (nSPS) is 16.9. The second kappa shape index (κ2) is 8.15. The number of furan rings is 1. The molecule has 6 heteroatoms. The predicted octanol–water partition coefficient (Wildman–Crippen LogP) is 2.91. The Hall–Kier alpha value is -2.08. The largest absolute Gasteiger partial charge is 0.468 e. The summed E-state index contributed by atoms with van der Waals surface area (Å²) < 4.78 is 5.61. The molecule has 1 atom stereocenters. The standard InChI is InChI=1S/C18H26N4O2/c1-2-7-14-12-15(21-20-14)18(23)19-13-16(17-8-6-11-24-17)22-9-4-3-5-10-22/h6,8,11-12,16H,2-5,7,9-10,13H2,1H3,(H,19,23)(H,20,21). The minimum Gasteiger partial charge on any atom is -0.468 e. The van der Waals surface area contributed by atoms with Crippen molar-refractivity contribution in [1.82, 2.24) is 20.4 Å². The maximum absolute atomic E-state index is 12.4. The summed E-state index contributed by atoms with van der Waals surface area (Å²) in [6.45, 7) is 4.73. The number of likely N-dealkylation sites (tertiary alicyclic amines) is 1. The van der Waals surface area contributed by atoms with Crippen molar-refractivity contribution in [3.8, 4) is 0 Å². The number of nitrogens with one attached hydrogen (secondary N) is 2. The fourth-order valence-electron chi connectivity index (χ4n) is 3.28. The van der Waals surface area contributed by atoms with Gasteiger partial charge in [0.2, 0.25) is 0 Å². The summed E-state index contributed by atoms with van der Waals surface area (Å²) in [7, 11) is 0.